The molecule has 0 amide bonds. The lowest BCUT2D eigenvalue weighted by Gasteiger charge is -2.07. The third-order valence-electron chi connectivity index (χ3n) is 3.62. The van der Waals surface area contributed by atoms with Crippen molar-refractivity contribution in [3.05, 3.63) is 65.4 Å². The summed E-state index contributed by atoms with van der Waals surface area (Å²) in [6.07, 6.45) is 1.05. The summed E-state index contributed by atoms with van der Waals surface area (Å²) in [6, 6.07) is 16.3. The number of aryl methyl sites for hydroxylation is 1. The molecule has 0 radical (unpaired) electrons. The number of ether oxygens (including phenoxy) is 1. The van der Waals surface area contributed by atoms with Crippen LogP contribution in [0, 0.1) is 0 Å². The summed E-state index contributed by atoms with van der Waals surface area (Å²) in [4.78, 5) is 0. The molecule has 3 nitrogen and oxygen atoms in total. The van der Waals surface area contributed by atoms with Gasteiger partial charge in [0.1, 0.15) is 12.2 Å². The molecule has 0 spiro atoms. The number of hydrogen-bond donors (Lipinski definition) is 1. The minimum absolute atomic E-state index is 0.332. The molecule has 1 aromatic heterocycles. The van der Waals surface area contributed by atoms with E-state index in [0.29, 0.717) is 18.9 Å². The van der Waals surface area contributed by atoms with Crippen molar-refractivity contribution < 1.29 is 9.15 Å². The highest BCUT2D eigenvalue weighted by molar-refractivity contribution is 5.85. The highest BCUT2D eigenvalue weighted by atomic mass is 16.5. The first-order valence-electron chi connectivity index (χ1n) is 7.23. The van der Waals surface area contributed by atoms with Crippen molar-refractivity contribution in [2.24, 2.45) is 5.73 Å². The molecule has 0 saturated carbocycles. The van der Waals surface area contributed by atoms with Gasteiger partial charge in [-0.15, -0.1) is 0 Å². The van der Waals surface area contributed by atoms with Gasteiger partial charge < -0.3 is 14.9 Å². The first-order chi connectivity index (χ1) is 10.3. The van der Waals surface area contributed by atoms with Crippen LogP contribution in [-0.4, -0.2) is 0 Å². The van der Waals surface area contributed by atoms with Gasteiger partial charge in [-0.3, -0.25) is 0 Å². The zero-order valence-electron chi connectivity index (χ0n) is 12.1. The molecule has 3 aromatic rings. The van der Waals surface area contributed by atoms with E-state index in [-0.39, 0.29) is 0 Å². The number of para-hydroxylation sites is 1. The van der Waals surface area contributed by atoms with Gasteiger partial charge in [0, 0.05) is 0 Å². The molecule has 3 heteroatoms. The smallest absolute Gasteiger partial charge is 0.170 e. The van der Waals surface area contributed by atoms with Crippen LogP contribution in [0.1, 0.15) is 23.8 Å². The van der Waals surface area contributed by atoms with Crippen molar-refractivity contribution in [2.45, 2.75) is 26.5 Å². The van der Waals surface area contributed by atoms with Gasteiger partial charge in [0.05, 0.1) is 11.9 Å². The van der Waals surface area contributed by atoms with E-state index in [0.717, 1.165) is 28.7 Å². The Labute approximate surface area is 124 Å². The molecular weight excluding hydrogens is 262 g/mol. The maximum Gasteiger partial charge on any atom is 0.170 e. The summed E-state index contributed by atoms with van der Waals surface area (Å²) in [6.45, 7) is 3.00. The molecule has 0 saturated heterocycles. The molecule has 3 rings (SSSR count). The topological polar surface area (TPSA) is 48.4 Å². The lowest BCUT2D eigenvalue weighted by Crippen LogP contribution is -2.00. The molecule has 2 aromatic carbocycles. The van der Waals surface area contributed by atoms with Crippen molar-refractivity contribution in [1.29, 1.82) is 0 Å². The minimum atomic E-state index is 0.332. The van der Waals surface area contributed by atoms with Crippen LogP contribution in [0.4, 0.5) is 0 Å². The molecule has 0 aliphatic carbocycles. The van der Waals surface area contributed by atoms with Crippen LogP contribution in [0.2, 0.25) is 0 Å². The van der Waals surface area contributed by atoms with E-state index in [2.05, 4.69) is 31.2 Å². The molecule has 2 N–H and O–H groups in total. The first-order valence-corrected chi connectivity index (χ1v) is 7.23. The van der Waals surface area contributed by atoms with Crippen molar-refractivity contribution in [1.82, 2.24) is 0 Å². The number of fused-ring (bicyclic) bond motifs is 1. The molecule has 0 aliphatic heterocycles. The third-order valence-corrected chi connectivity index (χ3v) is 3.62. The summed E-state index contributed by atoms with van der Waals surface area (Å²) < 4.78 is 11.7. The summed E-state index contributed by atoms with van der Waals surface area (Å²) in [7, 11) is 0. The Morgan fingerprint density at radius 3 is 2.43 bits per heavy atom. The van der Waals surface area contributed by atoms with Crippen LogP contribution in [0.25, 0.3) is 11.0 Å². The van der Waals surface area contributed by atoms with Crippen LogP contribution in [0.5, 0.6) is 5.75 Å². The van der Waals surface area contributed by atoms with Gasteiger partial charge in [-0.05, 0) is 29.7 Å². The summed E-state index contributed by atoms with van der Waals surface area (Å²) in [5.74, 6) is 1.45. The zero-order valence-corrected chi connectivity index (χ0v) is 12.1. The van der Waals surface area contributed by atoms with Gasteiger partial charge in [-0.25, -0.2) is 0 Å². The monoisotopic (exact) mass is 281 g/mol. The van der Waals surface area contributed by atoms with E-state index < -0.39 is 0 Å². The zero-order chi connectivity index (χ0) is 14.7. The van der Waals surface area contributed by atoms with Gasteiger partial charge >= 0.3 is 0 Å². The van der Waals surface area contributed by atoms with Crippen molar-refractivity contribution in [2.75, 3.05) is 0 Å². The van der Waals surface area contributed by atoms with E-state index in [9.17, 15) is 0 Å². The van der Waals surface area contributed by atoms with Crippen molar-refractivity contribution >= 4 is 11.0 Å². The molecule has 21 heavy (non-hydrogen) atoms. The lowest BCUT2D eigenvalue weighted by atomic mass is 10.1. The summed E-state index contributed by atoms with van der Waals surface area (Å²) >= 11 is 0. The minimum Gasteiger partial charge on any atom is -0.485 e. The van der Waals surface area contributed by atoms with Gasteiger partial charge in [0.2, 0.25) is 0 Å². The SMILES string of the molecule is CCc1ccc(COc2c(CN)oc3ccccc23)cc1. The van der Waals surface area contributed by atoms with Crippen LogP contribution in [-0.2, 0) is 19.6 Å². The van der Waals surface area contributed by atoms with Crippen LogP contribution in [0.3, 0.4) is 0 Å². The van der Waals surface area contributed by atoms with Crippen molar-refractivity contribution in [3.63, 3.8) is 0 Å². The van der Waals surface area contributed by atoms with Crippen LogP contribution in [0.15, 0.2) is 52.9 Å². The molecular formula is C18H19NO2. The highest BCUT2D eigenvalue weighted by Gasteiger charge is 2.14. The predicted octanol–water partition coefficient (Wildman–Crippen LogP) is 4.03. The van der Waals surface area contributed by atoms with E-state index in [1.165, 1.54) is 5.56 Å². The van der Waals surface area contributed by atoms with E-state index in [1.807, 2.05) is 24.3 Å². The summed E-state index contributed by atoms with van der Waals surface area (Å²) in [5.41, 5.74) is 9.03. The Morgan fingerprint density at radius 2 is 1.71 bits per heavy atom. The van der Waals surface area contributed by atoms with Crippen molar-refractivity contribution in [3.8, 4) is 5.75 Å². The van der Waals surface area contributed by atoms with E-state index >= 15 is 0 Å². The first kappa shape index (κ1) is 13.7. The number of rotatable bonds is 5. The van der Waals surface area contributed by atoms with Crippen LogP contribution < -0.4 is 10.5 Å². The number of nitrogens with two attached hydrogens (primary N) is 1. The Morgan fingerprint density at radius 1 is 1.00 bits per heavy atom. The van der Waals surface area contributed by atoms with Crippen LogP contribution >= 0.6 is 0 Å². The fourth-order valence-corrected chi connectivity index (χ4v) is 2.39. The summed E-state index contributed by atoms with van der Waals surface area (Å²) in [5, 5.41) is 0.975. The second-order valence-electron chi connectivity index (χ2n) is 5.01. The predicted molar refractivity (Wildman–Crippen MR) is 84.3 cm³/mol. The molecule has 0 atom stereocenters. The largest absolute Gasteiger partial charge is 0.485 e. The van der Waals surface area contributed by atoms with Gasteiger partial charge in [-0.1, -0.05) is 43.3 Å². The van der Waals surface area contributed by atoms with Gasteiger partial charge in [0.15, 0.2) is 11.5 Å². The second kappa shape index (κ2) is 6.02. The molecule has 0 bridgehead atoms. The fourth-order valence-electron chi connectivity index (χ4n) is 2.39. The number of benzene rings is 2. The van der Waals surface area contributed by atoms with E-state index in [1.54, 1.807) is 0 Å². The van der Waals surface area contributed by atoms with E-state index in [4.69, 9.17) is 14.9 Å². The quantitative estimate of drug-likeness (QED) is 0.768. The average Bonchev–Trinajstić information content (AvgIpc) is 2.91. The highest BCUT2D eigenvalue weighted by Crippen LogP contribution is 2.33. The lowest BCUT2D eigenvalue weighted by molar-refractivity contribution is 0.299. The molecule has 0 aliphatic rings. The van der Waals surface area contributed by atoms with Gasteiger partial charge in [0.25, 0.3) is 0 Å². The second-order valence-corrected chi connectivity index (χ2v) is 5.01. The Kier molecular flexibility index (Phi) is 3.93. The molecule has 108 valence electrons. The Hall–Kier alpha value is -2.26. The average molecular weight is 281 g/mol. The maximum atomic E-state index is 5.97. The molecule has 0 unspecified atom stereocenters. The van der Waals surface area contributed by atoms with Gasteiger partial charge in [-0.2, -0.15) is 0 Å². The Bertz CT molecular complexity index is 729. The third kappa shape index (κ3) is 2.78. The molecule has 0 fully saturated rings. The Balaban J connectivity index is 1.83. The standard InChI is InChI=1S/C18H19NO2/c1-2-13-7-9-14(10-8-13)12-20-18-15-5-3-4-6-16(15)21-17(18)11-19/h3-10H,2,11-12,19H2,1H3. The maximum absolute atomic E-state index is 5.97. The molecule has 1 heterocycles. The normalized spacial score (nSPS) is 11.0. The number of furan rings is 1. The number of hydrogen-bond acceptors (Lipinski definition) is 3. The fraction of sp³-hybridized carbons (Fsp3) is 0.222.